The molecule has 3 heterocycles. The Kier molecular flexibility index (Phi) is 3.80. The molecule has 1 fully saturated rings. The van der Waals surface area contributed by atoms with Crippen molar-refractivity contribution in [1.29, 1.82) is 0 Å². The highest BCUT2D eigenvalue weighted by Crippen LogP contribution is 2.31. The lowest BCUT2D eigenvalue weighted by Crippen LogP contribution is -2.33. The molecule has 0 N–H and O–H groups in total. The number of anilines is 1. The molecule has 0 bridgehead atoms. The second kappa shape index (κ2) is 5.55. The molecule has 0 spiro atoms. The molecule has 3 nitrogen and oxygen atoms in total. The van der Waals surface area contributed by atoms with Gasteiger partial charge in [-0.05, 0) is 49.5 Å². The van der Waals surface area contributed by atoms with Gasteiger partial charge in [-0.25, -0.2) is 0 Å². The Labute approximate surface area is 119 Å². The van der Waals surface area contributed by atoms with Gasteiger partial charge in [-0.1, -0.05) is 0 Å². The van der Waals surface area contributed by atoms with Gasteiger partial charge in [0.1, 0.15) is 0 Å². The molecule has 3 rings (SSSR count). The maximum absolute atomic E-state index is 4.53. The molecule has 2 aliphatic rings. The van der Waals surface area contributed by atoms with E-state index in [0.29, 0.717) is 6.04 Å². The van der Waals surface area contributed by atoms with Crippen molar-refractivity contribution in [3.63, 3.8) is 0 Å². The van der Waals surface area contributed by atoms with E-state index < -0.39 is 0 Å². The van der Waals surface area contributed by atoms with E-state index >= 15 is 0 Å². The van der Waals surface area contributed by atoms with Gasteiger partial charge in [0, 0.05) is 37.3 Å². The van der Waals surface area contributed by atoms with E-state index in [4.69, 9.17) is 0 Å². The number of thioether (sulfide) groups is 1. The average Bonchev–Trinajstić information content (AvgIpc) is 3.09. The molecule has 0 aliphatic carbocycles. The van der Waals surface area contributed by atoms with Crippen molar-refractivity contribution in [2.45, 2.75) is 18.9 Å². The number of likely N-dealkylation sites (N-methyl/N-ethyl adjacent to an activating group) is 2. The Bertz CT molecular complexity index is 486. The van der Waals surface area contributed by atoms with E-state index in [1.165, 1.54) is 30.0 Å². The van der Waals surface area contributed by atoms with E-state index in [1.54, 1.807) is 0 Å². The number of pyridine rings is 1. The molecule has 0 radical (unpaired) electrons. The standard InChI is InChI=1S/C15H21N3S/c1-17-7-4-14(10-17)18(2)13-3-6-16-15(9-13)12-5-8-19-11-12/h3,6,9,11,14H,4-5,7-8,10H2,1-2H3. The summed E-state index contributed by atoms with van der Waals surface area (Å²) in [4.78, 5) is 9.34. The van der Waals surface area contributed by atoms with E-state index in [1.807, 2.05) is 18.0 Å². The van der Waals surface area contributed by atoms with Gasteiger partial charge >= 0.3 is 0 Å². The van der Waals surface area contributed by atoms with Crippen LogP contribution in [0.25, 0.3) is 5.57 Å². The summed E-state index contributed by atoms with van der Waals surface area (Å²) in [7, 11) is 4.41. The minimum absolute atomic E-state index is 0.632. The van der Waals surface area contributed by atoms with Crippen LogP contribution in [-0.2, 0) is 0 Å². The molecule has 0 amide bonds. The summed E-state index contributed by atoms with van der Waals surface area (Å²) in [5.74, 6) is 1.20. The van der Waals surface area contributed by atoms with Crippen LogP contribution in [0.4, 0.5) is 5.69 Å². The van der Waals surface area contributed by atoms with Crippen LogP contribution in [0.1, 0.15) is 18.5 Å². The molecule has 0 saturated carbocycles. The first kappa shape index (κ1) is 13.0. The van der Waals surface area contributed by atoms with Gasteiger partial charge in [0.15, 0.2) is 0 Å². The van der Waals surface area contributed by atoms with Crippen molar-refractivity contribution >= 4 is 23.0 Å². The third-order valence-electron chi connectivity index (χ3n) is 4.11. The van der Waals surface area contributed by atoms with E-state index in [-0.39, 0.29) is 0 Å². The third kappa shape index (κ3) is 2.79. The van der Waals surface area contributed by atoms with Crippen LogP contribution in [0.5, 0.6) is 0 Å². The number of likely N-dealkylation sites (tertiary alicyclic amines) is 1. The second-order valence-electron chi connectivity index (χ2n) is 5.48. The van der Waals surface area contributed by atoms with Crippen molar-refractivity contribution in [3.05, 3.63) is 29.4 Å². The summed E-state index contributed by atoms with van der Waals surface area (Å²) < 4.78 is 0. The molecule has 102 valence electrons. The minimum Gasteiger partial charge on any atom is -0.370 e. The molecular weight excluding hydrogens is 254 g/mol. The second-order valence-corrected chi connectivity index (χ2v) is 6.46. The Hall–Kier alpha value is -1.00. The normalized spacial score (nSPS) is 23.7. The minimum atomic E-state index is 0.632. The summed E-state index contributed by atoms with van der Waals surface area (Å²) >= 11 is 1.89. The van der Waals surface area contributed by atoms with Gasteiger partial charge in [0.25, 0.3) is 0 Å². The first-order chi connectivity index (χ1) is 9.24. The fourth-order valence-corrected chi connectivity index (χ4v) is 3.72. The van der Waals surface area contributed by atoms with E-state index in [2.05, 4.69) is 46.4 Å². The molecule has 2 aliphatic heterocycles. The topological polar surface area (TPSA) is 19.4 Å². The zero-order valence-electron chi connectivity index (χ0n) is 11.7. The Morgan fingerprint density at radius 2 is 2.37 bits per heavy atom. The van der Waals surface area contributed by atoms with Crippen LogP contribution in [0.3, 0.4) is 0 Å². The van der Waals surface area contributed by atoms with Crippen LogP contribution in [0.2, 0.25) is 0 Å². The number of allylic oxidation sites excluding steroid dienone is 1. The lowest BCUT2D eigenvalue weighted by atomic mass is 10.1. The van der Waals surface area contributed by atoms with Crippen molar-refractivity contribution in [2.75, 3.05) is 37.8 Å². The molecule has 1 aromatic rings. The fourth-order valence-electron chi connectivity index (χ4n) is 2.83. The number of nitrogens with zero attached hydrogens (tertiary/aromatic N) is 3. The van der Waals surface area contributed by atoms with Gasteiger partial charge in [0.05, 0.1) is 5.69 Å². The summed E-state index contributed by atoms with van der Waals surface area (Å²) in [5.41, 5.74) is 3.84. The number of hydrogen-bond acceptors (Lipinski definition) is 4. The molecule has 1 saturated heterocycles. The Morgan fingerprint density at radius 1 is 1.47 bits per heavy atom. The van der Waals surface area contributed by atoms with Gasteiger partial charge < -0.3 is 9.80 Å². The largest absolute Gasteiger partial charge is 0.370 e. The summed E-state index contributed by atoms with van der Waals surface area (Å²) in [5, 5.41) is 2.26. The third-order valence-corrected chi connectivity index (χ3v) is 5.00. The lowest BCUT2D eigenvalue weighted by molar-refractivity contribution is 0.409. The molecule has 1 aromatic heterocycles. The van der Waals surface area contributed by atoms with Crippen molar-refractivity contribution in [1.82, 2.24) is 9.88 Å². The first-order valence-corrected chi connectivity index (χ1v) is 7.97. The highest BCUT2D eigenvalue weighted by atomic mass is 32.2. The van der Waals surface area contributed by atoms with Crippen LogP contribution < -0.4 is 4.90 Å². The lowest BCUT2D eigenvalue weighted by Gasteiger charge is -2.26. The quantitative estimate of drug-likeness (QED) is 0.844. The van der Waals surface area contributed by atoms with Crippen LogP contribution in [-0.4, -0.2) is 48.9 Å². The fraction of sp³-hybridized carbons (Fsp3) is 0.533. The molecular formula is C15H21N3S. The van der Waals surface area contributed by atoms with E-state index in [9.17, 15) is 0 Å². The zero-order valence-corrected chi connectivity index (χ0v) is 12.5. The number of aromatic nitrogens is 1. The first-order valence-electron chi connectivity index (χ1n) is 6.92. The predicted octanol–water partition coefficient (Wildman–Crippen LogP) is 2.70. The van der Waals surface area contributed by atoms with E-state index in [0.717, 1.165) is 18.7 Å². The van der Waals surface area contributed by atoms with Gasteiger partial charge in [-0.15, -0.1) is 11.8 Å². The van der Waals surface area contributed by atoms with Crippen molar-refractivity contribution < 1.29 is 0 Å². The van der Waals surface area contributed by atoms with Crippen LogP contribution in [0, 0.1) is 0 Å². The average molecular weight is 275 g/mol. The summed E-state index contributed by atoms with van der Waals surface area (Å²) in [6, 6.07) is 5.01. The highest BCUT2D eigenvalue weighted by molar-refractivity contribution is 8.02. The van der Waals surface area contributed by atoms with Gasteiger partial charge in [-0.2, -0.15) is 0 Å². The summed E-state index contributed by atoms with van der Waals surface area (Å²) in [6.07, 6.45) is 4.35. The van der Waals surface area contributed by atoms with Crippen molar-refractivity contribution in [3.8, 4) is 0 Å². The predicted molar refractivity (Wildman–Crippen MR) is 83.6 cm³/mol. The smallest absolute Gasteiger partial charge is 0.0687 e. The van der Waals surface area contributed by atoms with Gasteiger partial charge in [-0.3, -0.25) is 4.98 Å². The molecule has 0 aromatic carbocycles. The SMILES string of the molecule is CN1CCC(N(C)c2ccnc(C3=CSCC3)c2)C1. The monoisotopic (exact) mass is 275 g/mol. The molecule has 1 unspecified atom stereocenters. The maximum atomic E-state index is 4.53. The maximum Gasteiger partial charge on any atom is 0.0687 e. The van der Waals surface area contributed by atoms with Crippen LogP contribution in [0.15, 0.2) is 23.7 Å². The molecule has 19 heavy (non-hydrogen) atoms. The van der Waals surface area contributed by atoms with Crippen molar-refractivity contribution in [2.24, 2.45) is 0 Å². The molecule has 4 heteroatoms. The Morgan fingerprint density at radius 3 is 3.05 bits per heavy atom. The highest BCUT2D eigenvalue weighted by Gasteiger charge is 2.23. The van der Waals surface area contributed by atoms with Crippen LogP contribution >= 0.6 is 11.8 Å². The Balaban J connectivity index is 1.78. The number of hydrogen-bond donors (Lipinski definition) is 0. The summed E-state index contributed by atoms with van der Waals surface area (Å²) in [6.45, 7) is 2.36. The van der Waals surface area contributed by atoms with Gasteiger partial charge in [0.2, 0.25) is 0 Å². The zero-order chi connectivity index (χ0) is 13.2. The molecule has 1 atom stereocenters. The number of rotatable bonds is 3.